The Bertz CT molecular complexity index is 965. The number of hydrogen-bond donors (Lipinski definition) is 2. The number of ether oxygens (including phenoxy) is 1. The van der Waals surface area contributed by atoms with E-state index in [1.165, 1.54) is 6.42 Å². The number of nitrogens with one attached hydrogen (secondary N) is 1. The van der Waals surface area contributed by atoms with E-state index in [1.54, 1.807) is 36.3 Å². The van der Waals surface area contributed by atoms with Gasteiger partial charge in [0.25, 0.3) is 5.91 Å². The van der Waals surface area contributed by atoms with Gasteiger partial charge < -0.3 is 15.2 Å². The van der Waals surface area contributed by atoms with E-state index in [0.29, 0.717) is 16.8 Å². The molecular formula is C20H22N4O3. The molecule has 0 saturated heterocycles. The van der Waals surface area contributed by atoms with Gasteiger partial charge in [0, 0.05) is 29.8 Å². The zero-order valence-electron chi connectivity index (χ0n) is 15.1. The van der Waals surface area contributed by atoms with Crippen molar-refractivity contribution in [3.63, 3.8) is 0 Å². The van der Waals surface area contributed by atoms with Gasteiger partial charge in [-0.25, -0.2) is 9.67 Å². The van der Waals surface area contributed by atoms with Crippen molar-refractivity contribution in [2.45, 2.75) is 31.5 Å². The maximum absolute atomic E-state index is 11.9. The van der Waals surface area contributed by atoms with Gasteiger partial charge in [-0.1, -0.05) is 6.07 Å². The second-order valence-electron chi connectivity index (χ2n) is 6.77. The number of benzene rings is 1. The fraction of sp³-hybridized carbons (Fsp3) is 0.350. The van der Waals surface area contributed by atoms with Crippen LogP contribution in [-0.4, -0.2) is 45.5 Å². The Kier molecular flexibility index (Phi) is 4.87. The van der Waals surface area contributed by atoms with Gasteiger partial charge in [0.1, 0.15) is 6.10 Å². The summed E-state index contributed by atoms with van der Waals surface area (Å²) in [5.74, 6) is -0.154. The number of pyridine rings is 1. The molecular weight excluding hydrogens is 344 g/mol. The van der Waals surface area contributed by atoms with Gasteiger partial charge in [-0.3, -0.25) is 4.79 Å². The third-order valence-corrected chi connectivity index (χ3v) is 4.94. The SMILES string of the molecule is CNC(=O)c1cccc(-n2ncc3cc([C@@H](O)COC4CCC4)cnc32)c1. The van der Waals surface area contributed by atoms with Crippen LogP contribution in [0.5, 0.6) is 0 Å². The Morgan fingerprint density at radius 2 is 2.22 bits per heavy atom. The highest BCUT2D eigenvalue weighted by atomic mass is 16.5. The lowest BCUT2D eigenvalue weighted by Gasteiger charge is -2.26. The summed E-state index contributed by atoms with van der Waals surface area (Å²) < 4.78 is 7.37. The van der Waals surface area contributed by atoms with Gasteiger partial charge in [0.05, 0.1) is 24.6 Å². The minimum Gasteiger partial charge on any atom is -0.386 e. The molecule has 0 spiro atoms. The van der Waals surface area contributed by atoms with Crippen LogP contribution in [0.15, 0.2) is 42.7 Å². The van der Waals surface area contributed by atoms with Gasteiger partial charge in [0.2, 0.25) is 0 Å². The Balaban J connectivity index is 1.58. The second-order valence-corrected chi connectivity index (χ2v) is 6.77. The number of nitrogens with zero attached hydrogens (tertiary/aromatic N) is 3. The van der Waals surface area contributed by atoms with E-state index in [9.17, 15) is 9.90 Å². The standard InChI is InChI=1S/C20H22N4O3/c1-21-20(26)13-4-2-5-16(9-13)24-19-15(11-23-24)8-14(10-22-19)18(25)12-27-17-6-3-7-17/h2,4-5,8-11,17-18,25H,3,6-7,12H2,1H3,(H,21,26)/t18-/m0/s1. The molecule has 2 heterocycles. The predicted molar refractivity (Wildman–Crippen MR) is 101 cm³/mol. The van der Waals surface area contributed by atoms with Crippen molar-refractivity contribution < 1.29 is 14.6 Å². The number of carbonyl (C=O) groups is 1. The first-order valence-electron chi connectivity index (χ1n) is 9.11. The summed E-state index contributed by atoms with van der Waals surface area (Å²) in [7, 11) is 1.60. The predicted octanol–water partition coefficient (Wildman–Crippen LogP) is 2.38. The Labute approximate surface area is 157 Å². The Hall–Kier alpha value is -2.77. The van der Waals surface area contributed by atoms with Crippen molar-refractivity contribution >= 4 is 16.9 Å². The van der Waals surface area contributed by atoms with E-state index >= 15 is 0 Å². The first-order valence-corrected chi connectivity index (χ1v) is 9.11. The summed E-state index contributed by atoms with van der Waals surface area (Å²) in [6.07, 6.45) is 6.29. The molecule has 0 radical (unpaired) electrons. The maximum Gasteiger partial charge on any atom is 0.251 e. The molecule has 1 aromatic carbocycles. The highest BCUT2D eigenvalue weighted by Gasteiger charge is 2.20. The monoisotopic (exact) mass is 366 g/mol. The van der Waals surface area contributed by atoms with E-state index < -0.39 is 6.10 Å². The normalized spacial score (nSPS) is 15.5. The third kappa shape index (κ3) is 3.56. The molecule has 7 heteroatoms. The molecule has 1 amide bonds. The molecule has 1 fully saturated rings. The largest absolute Gasteiger partial charge is 0.386 e. The van der Waals surface area contributed by atoms with Crippen molar-refractivity contribution in [3.05, 3.63) is 53.9 Å². The number of aliphatic hydroxyl groups is 1. The molecule has 3 aromatic rings. The molecule has 1 aliphatic rings. The van der Waals surface area contributed by atoms with Crippen LogP contribution in [0.3, 0.4) is 0 Å². The number of rotatable bonds is 6. The van der Waals surface area contributed by atoms with Crippen molar-refractivity contribution in [2.24, 2.45) is 0 Å². The number of fused-ring (bicyclic) bond motifs is 1. The lowest BCUT2D eigenvalue weighted by atomic mass is 9.96. The van der Waals surface area contributed by atoms with Crippen LogP contribution in [0.25, 0.3) is 16.7 Å². The molecule has 2 aromatic heterocycles. The lowest BCUT2D eigenvalue weighted by Crippen LogP contribution is -2.24. The fourth-order valence-electron chi connectivity index (χ4n) is 3.09. The van der Waals surface area contributed by atoms with Gasteiger partial charge in [0.15, 0.2) is 5.65 Å². The first kappa shape index (κ1) is 17.6. The molecule has 4 rings (SSSR count). The number of aromatic nitrogens is 3. The summed E-state index contributed by atoms with van der Waals surface area (Å²) in [5, 5.41) is 18.2. The van der Waals surface area contributed by atoms with Crippen LogP contribution < -0.4 is 5.32 Å². The topological polar surface area (TPSA) is 89.3 Å². The molecule has 140 valence electrons. The number of hydrogen-bond acceptors (Lipinski definition) is 5. The molecule has 0 aliphatic heterocycles. The van der Waals surface area contributed by atoms with E-state index in [0.717, 1.165) is 23.9 Å². The quantitative estimate of drug-likeness (QED) is 0.699. The molecule has 0 bridgehead atoms. The average molecular weight is 366 g/mol. The van der Waals surface area contributed by atoms with Crippen LogP contribution in [-0.2, 0) is 4.74 Å². The first-order chi connectivity index (χ1) is 13.2. The van der Waals surface area contributed by atoms with Crippen LogP contribution in [0.4, 0.5) is 0 Å². The maximum atomic E-state index is 11.9. The highest BCUT2D eigenvalue weighted by molar-refractivity contribution is 5.94. The van der Waals surface area contributed by atoms with E-state index in [-0.39, 0.29) is 18.6 Å². The average Bonchev–Trinajstić information content (AvgIpc) is 3.09. The lowest BCUT2D eigenvalue weighted by molar-refractivity contribution is -0.0427. The van der Waals surface area contributed by atoms with Crippen molar-refractivity contribution in [3.8, 4) is 5.69 Å². The summed E-state index contributed by atoms with van der Waals surface area (Å²) in [6.45, 7) is 0.278. The molecule has 2 N–H and O–H groups in total. The zero-order chi connectivity index (χ0) is 18.8. The molecule has 1 atom stereocenters. The van der Waals surface area contributed by atoms with Crippen molar-refractivity contribution in [1.82, 2.24) is 20.1 Å². The third-order valence-electron chi connectivity index (χ3n) is 4.94. The van der Waals surface area contributed by atoms with Crippen molar-refractivity contribution in [2.75, 3.05) is 13.7 Å². The minimum atomic E-state index is -0.706. The van der Waals surface area contributed by atoms with E-state index in [2.05, 4.69) is 15.4 Å². The summed E-state index contributed by atoms with van der Waals surface area (Å²) in [4.78, 5) is 16.3. The van der Waals surface area contributed by atoms with Crippen LogP contribution in [0.1, 0.15) is 41.3 Å². The van der Waals surface area contributed by atoms with Gasteiger partial charge in [-0.05, 0) is 43.5 Å². The van der Waals surface area contributed by atoms with Gasteiger partial charge in [-0.2, -0.15) is 5.10 Å². The van der Waals surface area contributed by atoms with Crippen molar-refractivity contribution in [1.29, 1.82) is 0 Å². The summed E-state index contributed by atoms with van der Waals surface area (Å²) in [6, 6.07) is 9.07. The summed E-state index contributed by atoms with van der Waals surface area (Å²) >= 11 is 0. The number of carbonyl (C=O) groups excluding carboxylic acids is 1. The molecule has 0 unspecified atom stereocenters. The zero-order valence-corrected chi connectivity index (χ0v) is 15.1. The molecule has 27 heavy (non-hydrogen) atoms. The molecule has 1 aliphatic carbocycles. The van der Waals surface area contributed by atoms with Gasteiger partial charge >= 0.3 is 0 Å². The fourth-order valence-corrected chi connectivity index (χ4v) is 3.09. The minimum absolute atomic E-state index is 0.154. The van der Waals surface area contributed by atoms with Gasteiger partial charge in [-0.15, -0.1) is 0 Å². The second kappa shape index (κ2) is 7.46. The molecule has 7 nitrogen and oxygen atoms in total. The number of aliphatic hydroxyl groups excluding tert-OH is 1. The Morgan fingerprint density at radius 3 is 2.96 bits per heavy atom. The highest BCUT2D eigenvalue weighted by Crippen LogP contribution is 2.25. The van der Waals surface area contributed by atoms with Crippen LogP contribution in [0, 0.1) is 0 Å². The number of amides is 1. The summed E-state index contributed by atoms with van der Waals surface area (Å²) in [5.41, 5.74) is 2.68. The van der Waals surface area contributed by atoms with Crippen LogP contribution in [0.2, 0.25) is 0 Å². The smallest absolute Gasteiger partial charge is 0.251 e. The van der Waals surface area contributed by atoms with Crippen LogP contribution >= 0.6 is 0 Å². The van der Waals surface area contributed by atoms with E-state index in [1.807, 2.05) is 18.2 Å². The van der Waals surface area contributed by atoms with E-state index in [4.69, 9.17) is 4.74 Å². The molecule has 1 saturated carbocycles. The Morgan fingerprint density at radius 1 is 1.37 bits per heavy atom.